The van der Waals surface area contributed by atoms with Crippen molar-refractivity contribution in [3.05, 3.63) is 52.6 Å². The van der Waals surface area contributed by atoms with Crippen LogP contribution in [0.2, 0.25) is 0 Å². The van der Waals surface area contributed by atoms with Gasteiger partial charge in [0.2, 0.25) is 0 Å². The number of aromatic nitrogens is 2. The number of nitrogens with zero attached hydrogens (tertiary/aromatic N) is 1. The minimum Gasteiger partial charge on any atom is -0.311 e. The van der Waals surface area contributed by atoms with Crippen LogP contribution in [0.1, 0.15) is 26.6 Å². The highest BCUT2D eigenvalue weighted by Crippen LogP contribution is 2.20. The fourth-order valence-corrected chi connectivity index (χ4v) is 1.85. The quantitative estimate of drug-likeness (QED) is 0.879. The number of H-pyrrole nitrogens is 1. The molecule has 94 valence electrons. The molecule has 1 aromatic carbocycles. The summed E-state index contributed by atoms with van der Waals surface area (Å²) in [6.07, 6.45) is 0.753. The Morgan fingerprint density at radius 3 is 2.44 bits per heavy atom. The molecule has 1 aromatic heterocycles. The number of benzene rings is 1. The minimum absolute atomic E-state index is 0.0943. The van der Waals surface area contributed by atoms with E-state index in [1.54, 1.807) is 6.07 Å². The number of rotatable bonds is 2. The Hall–Kier alpha value is -1.90. The maximum atomic E-state index is 11.7. The Kier molecular flexibility index (Phi) is 3.32. The lowest BCUT2D eigenvalue weighted by Gasteiger charge is -2.17. The van der Waals surface area contributed by atoms with Crippen LogP contribution < -0.4 is 5.56 Å². The summed E-state index contributed by atoms with van der Waals surface area (Å²) in [5, 5.41) is 0. The van der Waals surface area contributed by atoms with Gasteiger partial charge in [-0.15, -0.1) is 0 Å². The molecule has 0 aliphatic rings. The van der Waals surface area contributed by atoms with Gasteiger partial charge in [0.1, 0.15) is 5.82 Å². The fraction of sp³-hybridized carbons (Fsp3) is 0.333. The summed E-state index contributed by atoms with van der Waals surface area (Å²) in [4.78, 5) is 19.0. The Morgan fingerprint density at radius 2 is 1.83 bits per heavy atom. The first kappa shape index (κ1) is 12.6. The van der Waals surface area contributed by atoms with E-state index >= 15 is 0 Å². The number of hydrogen-bond acceptors (Lipinski definition) is 2. The minimum atomic E-state index is -0.0943. The second-order valence-corrected chi connectivity index (χ2v) is 5.68. The van der Waals surface area contributed by atoms with Gasteiger partial charge < -0.3 is 4.98 Å². The molecule has 0 radical (unpaired) electrons. The van der Waals surface area contributed by atoms with Crippen LogP contribution in [0.25, 0.3) is 11.3 Å². The molecule has 0 amide bonds. The van der Waals surface area contributed by atoms with Gasteiger partial charge >= 0.3 is 0 Å². The van der Waals surface area contributed by atoms with Crippen molar-refractivity contribution in [3.8, 4) is 11.3 Å². The van der Waals surface area contributed by atoms with Crippen molar-refractivity contribution in [2.45, 2.75) is 27.2 Å². The topological polar surface area (TPSA) is 45.8 Å². The molecular formula is C15H18N2O. The first-order valence-corrected chi connectivity index (χ1v) is 6.10. The largest absolute Gasteiger partial charge is 0.311 e. The van der Waals surface area contributed by atoms with E-state index in [0.717, 1.165) is 23.5 Å². The van der Waals surface area contributed by atoms with Crippen molar-refractivity contribution in [1.82, 2.24) is 9.97 Å². The maximum absolute atomic E-state index is 11.7. The van der Waals surface area contributed by atoms with Crippen LogP contribution in [0.15, 0.2) is 41.2 Å². The van der Waals surface area contributed by atoms with Crippen molar-refractivity contribution < 1.29 is 0 Å². The van der Waals surface area contributed by atoms with E-state index in [-0.39, 0.29) is 11.0 Å². The summed E-state index contributed by atoms with van der Waals surface area (Å²) >= 11 is 0. The SMILES string of the molecule is CC(C)(C)Cc1nc(-c2ccccc2)cc(=O)[nH]1. The fourth-order valence-electron chi connectivity index (χ4n) is 1.85. The molecule has 0 bridgehead atoms. The summed E-state index contributed by atoms with van der Waals surface area (Å²) in [6.45, 7) is 6.38. The molecule has 3 nitrogen and oxygen atoms in total. The Labute approximate surface area is 107 Å². The van der Waals surface area contributed by atoms with Crippen molar-refractivity contribution in [3.63, 3.8) is 0 Å². The molecule has 0 atom stereocenters. The van der Waals surface area contributed by atoms with Crippen LogP contribution in [-0.2, 0) is 6.42 Å². The normalized spacial score (nSPS) is 11.5. The first-order valence-electron chi connectivity index (χ1n) is 6.10. The molecule has 0 fully saturated rings. The first-order chi connectivity index (χ1) is 8.44. The zero-order valence-electron chi connectivity index (χ0n) is 11.0. The van der Waals surface area contributed by atoms with Crippen molar-refractivity contribution >= 4 is 0 Å². The molecule has 0 aliphatic heterocycles. The van der Waals surface area contributed by atoms with Gasteiger partial charge in [-0.25, -0.2) is 4.98 Å². The Balaban J connectivity index is 2.42. The molecule has 1 heterocycles. The molecule has 1 N–H and O–H groups in total. The Bertz CT molecular complexity index is 579. The van der Waals surface area contributed by atoms with Crippen LogP contribution in [0.4, 0.5) is 0 Å². The van der Waals surface area contributed by atoms with E-state index < -0.39 is 0 Å². The van der Waals surface area contributed by atoms with Gasteiger partial charge in [0, 0.05) is 18.1 Å². The molecule has 18 heavy (non-hydrogen) atoms. The smallest absolute Gasteiger partial charge is 0.251 e. The van der Waals surface area contributed by atoms with Gasteiger partial charge in [-0.3, -0.25) is 4.79 Å². The van der Waals surface area contributed by atoms with E-state index in [1.807, 2.05) is 30.3 Å². The predicted octanol–water partition coefficient (Wildman–Crippen LogP) is 3.03. The van der Waals surface area contributed by atoms with Gasteiger partial charge in [-0.2, -0.15) is 0 Å². The van der Waals surface area contributed by atoms with Gasteiger partial charge in [0.25, 0.3) is 5.56 Å². The van der Waals surface area contributed by atoms with Gasteiger partial charge in [0.05, 0.1) is 5.69 Å². The second kappa shape index (κ2) is 4.77. The van der Waals surface area contributed by atoms with Gasteiger partial charge in [-0.05, 0) is 5.41 Å². The van der Waals surface area contributed by atoms with Crippen LogP contribution in [0.5, 0.6) is 0 Å². The lowest BCUT2D eigenvalue weighted by Crippen LogP contribution is -2.17. The van der Waals surface area contributed by atoms with Crippen LogP contribution in [-0.4, -0.2) is 9.97 Å². The third-order valence-corrected chi connectivity index (χ3v) is 2.56. The molecule has 3 heteroatoms. The van der Waals surface area contributed by atoms with E-state index in [0.29, 0.717) is 0 Å². The monoisotopic (exact) mass is 242 g/mol. The summed E-state index contributed by atoms with van der Waals surface area (Å²) in [7, 11) is 0. The highest BCUT2D eigenvalue weighted by atomic mass is 16.1. The number of aromatic amines is 1. The van der Waals surface area contributed by atoms with Crippen LogP contribution in [0.3, 0.4) is 0 Å². The van der Waals surface area contributed by atoms with Crippen LogP contribution >= 0.6 is 0 Å². The zero-order valence-corrected chi connectivity index (χ0v) is 11.0. The number of hydrogen-bond donors (Lipinski definition) is 1. The van der Waals surface area contributed by atoms with E-state index in [2.05, 4.69) is 30.7 Å². The van der Waals surface area contributed by atoms with Crippen molar-refractivity contribution in [2.75, 3.05) is 0 Å². The van der Waals surface area contributed by atoms with Gasteiger partial charge in [-0.1, -0.05) is 51.1 Å². The zero-order chi connectivity index (χ0) is 13.2. The Morgan fingerprint density at radius 1 is 1.17 bits per heavy atom. The second-order valence-electron chi connectivity index (χ2n) is 5.68. The van der Waals surface area contributed by atoms with Crippen molar-refractivity contribution in [1.29, 1.82) is 0 Å². The number of nitrogens with one attached hydrogen (secondary N) is 1. The standard InChI is InChI=1S/C15H18N2O/c1-15(2,3)10-13-16-12(9-14(18)17-13)11-7-5-4-6-8-11/h4-9H,10H2,1-3H3,(H,16,17,18). The molecule has 2 aromatic rings. The molecule has 0 spiro atoms. The van der Waals surface area contributed by atoms with E-state index in [1.165, 1.54) is 0 Å². The summed E-state index contributed by atoms with van der Waals surface area (Å²) in [5.41, 5.74) is 1.71. The summed E-state index contributed by atoms with van der Waals surface area (Å²) in [5.74, 6) is 0.744. The predicted molar refractivity (Wildman–Crippen MR) is 73.5 cm³/mol. The molecular weight excluding hydrogens is 224 g/mol. The molecule has 0 saturated carbocycles. The molecule has 2 rings (SSSR count). The highest BCUT2D eigenvalue weighted by molar-refractivity contribution is 5.58. The third-order valence-electron chi connectivity index (χ3n) is 2.56. The van der Waals surface area contributed by atoms with Crippen LogP contribution in [0, 0.1) is 5.41 Å². The van der Waals surface area contributed by atoms with Gasteiger partial charge in [0.15, 0.2) is 0 Å². The molecule has 0 aliphatic carbocycles. The summed E-state index contributed by atoms with van der Waals surface area (Å²) < 4.78 is 0. The lowest BCUT2D eigenvalue weighted by atomic mass is 9.92. The van der Waals surface area contributed by atoms with E-state index in [9.17, 15) is 4.79 Å². The maximum Gasteiger partial charge on any atom is 0.251 e. The average molecular weight is 242 g/mol. The average Bonchev–Trinajstić information content (AvgIpc) is 2.27. The molecule has 0 saturated heterocycles. The molecule has 0 unspecified atom stereocenters. The third kappa shape index (κ3) is 3.29. The van der Waals surface area contributed by atoms with Crippen molar-refractivity contribution in [2.24, 2.45) is 5.41 Å². The summed E-state index contributed by atoms with van der Waals surface area (Å²) in [6, 6.07) is 11.3. The lowest BCUT2D eigenvalue weighted by molar-refractivity contribution is 0.400. The van der Waals surface area contributed by atoms with E-state index in [4.69, 9.17) is 0 Å². The highest BCUT2D eigenvalue weighted by Gasteiger charge is 2.14.